The third-order valence-electron chi connectivity index (χ3n) is 3.10. The van der Waals surface area contributed by atoms with E-state index in [1.54, 1.807) is 0 Å². The van der Waals surface area contributed by atoms with E-state index >= 15 is 0 Å². The van der Waals surface area contributed by atoms with Crippen molar-refractivity contribution < 1.29 is 4.74 Å². The van der Waals surface area contributed by atoms with Crippen molar-refractivity contribution in [2.75, 3.05) is 25.6 Å². The fraction of sp³-hybridized carbons (Fsp3) is 1.00. The van der Waals surface area contributed by atoms with Gasteiger partial charge in [-0.25, -0.2) is 0 Å². The highest BCUT2D eigenvalue weighted by molar-refractivity contribution is 6.18. The molecule has 0 aliphatic rings. The molecular formula is C13H28ClNO. The van der Waals surface area contributed by atoms with Crippen LogP contribution in [0.3, 0.4) is 0 Å². The van der Waals surface area contributed by atoms with Crippen LogP contribution in [0.4, 0.5) is 0 Å². The van der Waals surface area contributed by atoms with E-state index in [2.05, 4.69) is 39.9 Å². The standard InChI is InChI=1S/C13H28ClNO/c1-6-13(7-2,10-14)11-15-8-9-16-12(3,4)5/h15H,6-11H2,1-5H3. The van der Waals surface area contributed by atoms with E-state index in [9.17, 15) is 0 Å². The summed E-state index contributed by atoms with van der Waals surface area (Å²) in [5.41, 5.74) is 0.212. The fourth-order valence-corrected chi connectivity index (χ4v) is 1.99. The molecule has 0 saturated carbocycles. The van der Waals surface area contributed by atoms with Crippen LogP contribution in [-0.4, -0.2) is 31.2 Å². The molecule has 1 N–H and O–H groups in total. The van der Waals surface area contributed by atoms with Crippen molar-refractivity contribution in [3.63, 3.8) is 0 Å². The Labute approximate surface area is 106 Å². The molecule has 3 heteroatoms. The summed E-state index contributed by atoms with van der Waals surface area (Å²) < 4.78 is 5.65. The van der Waals surface area contributed by atoms with Gasteiger partial charge in [0.05, 0.1) is 12.2 Å². The molecule has 0 heterocycles. The maximum Gasteiger partial charge on any atom is 0.0599 e. The summed E-state index contributed by atoms with van der Waals surface area (Å²) in [6, 6.07) is 0. The molecule has 0 rings (SSSR count). The summed E-state index contributed by atoms with van der Waals surface area (Å²) >= 11 is 6.04. The Hall–Kier alpha value is 0.210. The van der Waals surface area contributed by atoms with Gasteiger partial charge in [-0.1, -0.05) is 13.8 Å². The first-order valence-corrected chi connectivity index (χ1v) is 6.83. The van der Waals surface area contributed by atoms with E-state index in [0.29, 0.717) is 0 Å². The second kappa shape index (κ2) is 7.52. The van der Waals surface area contributed by atoms with Gasteiger partial charge in [0.2, 0.25) is 0 Å². The Morgan fingerprint density at radius 3 is 2.06 bits per heavy atom. The Bertz CT molecular complexity index is 165. The van der Waals surface area contributed by atoms with E-state index in [1.165, 1.54) is 0 Å². The highest BCUT2D eigenvalue weighted by Gasteiger charge is 2.24. The van der Waals surface area contributed by atoms with E-state index < -0.39 is 0 Å². The summed E-state index contributed by atoms with van der Waals surface area (Å²) in [4.78, 5) is 0. The third-order valence-corrected chi connectivity index (χ3v) is 3.66. The Kier molecular flexibility index (Phi) is 7.62. The SMILES string of the molecule is CCC(CC)(CCl)CNCCOC(C)(C)C. The van der Waals surface area contributed by atoms with Crippen LogP contribution in [0.2, 0.25) is 0 Å². The highest BCUT2D eigenvalue weighted by Crippen LogP contribution is 2.26. The van der Waals surface area contributed by atoms with E-state index in [-0.39, 0.29) is 11.0 Å². The molecule has 0 saturated heterocycles. The van der Waals surface area contributed by atoms with Crippen LogP contribution in [0, 0.1) is 5.41 Å². The van der Waals surface area contributed by atoms with Crippen LogP contribution in [0.15, 0.2) is 0 Å². The zero-order valence-electron chi connectivity index (χ0n) is 11.5. The minimum Gasteiger partial charge on any atom is -0.375 e. The lowest BCUT2D eigenvalue weighted by molar-refractivity contribution is -0.00150. The van der Waals surface area contributed by atoms with Crippen molar-refractivity contribution in [3.05, 3.63) is 0 Å². The lowest BCUT2D eigenvalue weighted by atomic mass is 9.84. The fourth-order valence-electron chi connectivity index (χ4n) is 1.52. The molecule has 0 aromatic heterocycles. The number of halogens is 1. The molecule has 0 unspecified atom stereocenters. The van der Waals surface area contributed by atoms with Gasteiger partial charge in [0, 0.05) is 19.0 Å². The van der Waals surface area contributed by atoms with Gasteiger partial charge in [-0.15, -0.1) is 11.6 Å². The molecule has 0 aliphatic heterocycles. The van der Waals surface area contributed by atoms with Crippen LogP contribution in [0.5, 0.6) is 0 Å². The molecule has 0 spiro atoms. The zero-order valence-corrected chi connectivity index (χ0v) is 12.3. The molecule has 0 amide bonds. The average molecular weight is 250 g/mol. The summed E-state index contributed by atoms with van der Waals surface area (Å²) in [6.45, 7) is 13.3. The summed E-state index contributed by atoms with van der Waals surface area (Å²) in [5, 5.41) is 3.44. The number of hydrogen-bond acceptors (Lipinski definition) is 2. The lowest BCUT2D eigenvalue weighted by Crippen LogP contribution is -2.37. The molecule has 98 valence electrons. The summed E-state index contributed by atoms with van der Waals surface area (Å²) in [7, 11) is 0. The van der Waals surface area contributed by atoms with Crippen LogP contribution in [0.25, 0.3) is 0 Å². The highest BCUT2D eigenvalue weighted by atomic mass is 35.5. The number of rotatable bonds is 8. The van der Waals surface area contributed by atoms with Gasteiger partial charge in [0.1, 0.15) is 0 Å². The smallest absolute Gasteiger partial charge is 0.0599 e. The maximum absolute atomic E-state index is 6.04. The van der Waals surface area contributed by atoms with Crippen LogP contribution in [0.1, 0.15) is 47.5 Å². The van der Waals surface area contributed by atoms with Crippen molar-refractivity contribution >= 4 is 11.6 Å². The van der Waals surface area contributed by atoms with Crippen LogP contribution in [-0.2, 0) is 4.74 Å². The van der Waals surface area contributed by atoms with Gasteiger partial charge < -0.3 is 10.1 Å². The Morgan fingerprint density at radius 1 is 1.12 bits per heavy atom. The Morgan fingerprint density at radius 2 is 1.69 bits per heavy atom. The first-order chi connectivity index (χ1) is 7.39. The molecule has 0 bridgehead atoms. The number of alkyl halides is 1. The van der Waals surface area contributed by atoms with Gasteiger partial charge >= 0.3 is 0 Å². The molecule has 0 atom stereocenters. The predicted molar refractivity (Wildman–Crippen MR) is 72.3 cm³/mol. The third kappa shape index (κ3) is 6.72. The molecule has 0 fully saturated rings. The van der Waals surface area contributed by atoms with Crippen LogP contribution >= 0.6 is 11.6 Å². The topological polar surface area (TPSA) is 21.3 Å². The van der Waals surface area contributed by atoms with Gasteiger partial charge in [-0.3, -0.25) is 0 Å². The number of hydrogen-bond donors (Lipinski definition) is 1. The van der Waals surface area contributed by atoms with E-state index in [1.807, 2.05) is 0 Å². The molecule has 0 aromatic rings. The second-order valence-electron chi connectivity index (χ2n) is 5.48. The summed E-state index contributed by atoms with van der Waals surface area (Å²) in [6.07, 6.45) is 2.25. The first-order valence-electron chi connectivity index (χ1n) is 6.30. The molecule has 0 radical (unpaired) electrons. The molecule has 16 heavy (non-hydrogen) atoms. The van der Waals surface area contributed by atoms with E-state index in [4.69, 9.17) is 16.3 Å². The van der Waals surface area contributed by atoms with Gasteiger partial charge in [-0.05, 0) is 39.0 Å². The number of ether oxygens (including phenoxy) is 1. The average Bonchev–Trinajstić information content (AvgIpc) is 2.23. The monoisotopic (exact) mass is 249 g/mol. The largest absolute Gasteiger partial charge is 0.375 e. The van der Waals surface area contributed by atoms with Gasteiger partial charge in [-0.2, -0.15) is 0 Å². The summed E-state index contributed by atoms with van der Waals surface area (Å²) in [5.74, 6) is 0.729. The quantitative estimate of drug-likeness (QED) is 0.526. The first kappa shape index (κ1) is 16.2. The van der Waals surface area contributed by atoms with Crippen molar-refractivity contribution in [1.29, 1.82) is 0 Å². The van der Waals surface area contributed by atoms with Crippen molar-refractivity contribution in [2.45, 2.75) is 53.1 Å². The van der Waals surface area contributed by atoms with Crippen LogP contribution < -0.4 is 5.32 Å². The minimum atomic E-state index is -0.0409. The normalized spacial score (nSPS) is 13.1. The zero-order chi connectivity index (χ0) is 12.7. The second-order valence-corrected chi connectivity index (χ2v) is 5.75. The van der Waals surface area contributed by atoms with Crippen molar-refractivity contribution in [2.24, 2.45) is 5.41 Å². The minimum absolute atomic E-state index is 0.0409. The maximum atomic E-state index is 6.04. The molecular weight excluding hydrogens is 222 g/mol. The Balaban J connectivity index is 3.71. The molecule has 2 nitrogen and oxygen atoms in total. The van der Waals surface area contributed by atoms with Crippen molar-refractivity contribution in [1.82, 2.24) is 5.32 Å². The molecule has 0 aromatic carbocycles. The predicted octanol–water partition coefficient (Wildman–Crippen LogP) is 3.44. The molecule has 0 aliphatic carbocycles. The van der Waals surface area contributed by atoms with E-state index in [0.717, 1.165) is 38.4 Å². The number of nitrogens with one attached hydrogen (secondary N) is 1. The van der Waals surface area contributed by atoms with Crippen molar-refractivity contribution in [3.8, 4) is 0 Å². The lowest BCUT2D eigenvalue weighted by Gasteiger charge is -2.30. The van der Waals surface area contributed by atoms with Gasteiger partial charge in [0.15, 0.2) is 0 Å². The van der Waals surface area contributed by atoms with Gasteiger partial charge in [0.25, 0.3) is 0 Å².